The largest absolute Gasteiger partial charge is 0.208 e. The van der Waals surface area contributed by atoms with Crippen molar-refractivity contribution in [2.75, 3.05) is 0 Å². The topological polar surface area (TPSA) is 38.7 Å². The van der Waals surface area contributed by atoms with E-state index in [-0.39, 0.29) is 0 Å². The molecular formula is C57H37N3S. The van der Waals surface area contributed by atoms with Crippen LogP contribution in [0, 0.1) is 0 Å². The minimum atomic E-state index is 0.641. The molecule has 11 aromatic rings. The Hall–Kier alpha value is -7.79. The predicted octanol–water partition coefficient (Wildman–Crippen LogP) is 15.6. The second kappa shape index (κ2) is 15.8. The predicted molar refractivity (Wildman–Crippen MR) is 256 cm³/mol. The highest BCUT2D eigenvalue weighted by Gasteiger charge is 2.20. The first-order valence-electron chi connectivity index (χ1n) is 20.5. The third-order valence-electron chi connectivity index (χ3n) is 11.4. The van der Waals surface area contributed by atoms with E-state index in [1.54, 1.807) is 11.3 Å². The van der Waals surface area contributed by atoms with Gasteiger partial charge in [-0.3, -0.25) is 0 Å². The van der Waals surface area contributed by atoms with Gasteiger partial charge in [0.2, 0.25) is 0 Å². The lowest BCUT2D eigenvalue weighted by molar-refractivity contribution is 1.08. The van der Waals surface area contributed by atoms with Crippen molar-refractivity contribution in [3.05, 3.63) is 224 Å². The van der Waals surface area contributed by atoms with E-state index in [0.29, 0.717) is 17.5 Å². The fourth-order valence-corrected chi connectivity index (χ4v) is 9.51. The van der Waals surface area contributed by atoms with E-state index in [1.807, 2.05) is 24.3 Å². The molecule has 0 aliphatic rings. The highest BCUT2D eigenvalue weighted by molar-refractivity contribution is 7.26. The summed E-state index contributed by atoms with van der Waals surface area (Å²) in [6.07, 6.45) is 0. The lowest BCUT2D eigenvalue weighted by atomic mass is 9.90. The maximum Gasteiger partial charge on any atom is 0.164 e. The molecule has 0 radical (unpaired) electrons. The fourth-order valence-electron chi connectivity index (χ4n) is 8.40. The standard InChI is InChI=1S/C57H37N3S/c1-5-17-38(18-6-1)42-25-15-26-43(35-42)44-31-33-47(50(36-44)40-21-9-3-10-22-40)45-32-34-52-51(37-45)54-49(29-16-30-53(54)61-52)57-59-55(41-23-11-4-12-24-41)58-56(60-57)48-28-14-13-27-46(48)39-19-7-2-8-20-39/h1-37H. The van der Waals surface area contributed by atoms with Gasteiger partial charge >= 0.3 is 0 Å². The molecule has 0 bridgehead atoms. The Morgan fingerprint density at radius 3 is 1.43 bits per heavy atom. The van der Waals surface area contributed by atoms with Crippen LogP contribution in [-0.2, 0) is 0 Å². The van der Waals surface area contributed by atoms with Crippen LogP contribution in [0.3, 0.4) is 0 Å². The van der Waals surface area contributed by atoms with Gasteiger partial charge < -0.3 is 0 Å². The number of aromatic nitrogens is 3. The molecular weight excluding hydrogens is 759 g/mol. The molecule has 0 amide bonds. The number of nitrogens with zero attached hydrogens (tertiary/aromatic N) is 3. The SMILES string of the molecule is c1ccc(-c2cccc(-c3ccc(-c4ccc5sc6cccc(-c7nc(-c8ccccc8)nc(-c8ccccc8-c8ccccc8)n7)c6c5c4)c(-c4ccccc4)c3)c2)cc1. The zero-order valence-corrected chi connectivity index (χ0v) is 33.9. The van der Waals surface area contributed by atoms with Gasteiger partial charge in [0, 0.05) is 36.9 Å². The molecule has 0 N–H and O–H groups in total. The lowest BCUT2D eigenvalue weighted by Gasteiger charge is -2.14. The molecule has 0 aliphatic heterocycles. The molecule has 3 nitrogen and oxygen atoms in total. The van der Waals surface area contributed by atoms with Gasteiger partial charge in [-0.2, -0.15) is 0 Å². The summed E-state index contributed by atoms with van der Waals surface area (Å²) in [7, 11) is 0. The van der Waals surface area contributed by atoms with Gasteiger partial charge in [0.15, 0.2) is 17.5 Å². The quantitative estimate of drug-likeness (QED) is 0.154. The highest BCUT2D eigenvalue weighted by atomic mass is 32.1. The Morgan fingerprint density at radius 2 is 0.721 bits per heavy atom. The van der Waals surface area contributed by atoms with E-state index in [4.69, 9.17) is 15.0 Å². The molecule has 0 saturated carbocycles. The van der Waals surface area contributed by atoms with Gasteiger partial charge in [0.1, 0.15) is 0 Å². The van der Waals surface area contributed by atoms with Crippen LogP contribution >= 0.6 is 11.3 Å². The summed E-state index contributed by atoms with van der Waals surface area (Å²) in [4.78, 5) is 15.7. The van der Waals surface area contributed by atoms with Crippen molar-refractivity contribution in [1.82, 2.24) is 15.0 Å². The van der Waals surface area contributed by atoms with Crippen LogP contribution in [0.2, 0.25) is 0 Å². The second-order valence-corrected chi connectivity index (χ2v) is 16.2. The summed E-state index contributed by atoms with van der Waals surface area (Å²) < 4.78 is 2.41. The van der Waals surface area contributed by atoms with Crippen LogP contribution in [0.15, 0.2) is 224 Å². The van der Waals surface area contributed by atoms with Crippen molar-refractivity contribution < 1.29 is 0 Å². The molecule has 0 atom stereocenters. The molecule has 4 heteroatoms. The molecule has 61 heavy (non-hydrogen) atoms. The average Bonchev–Trinajstić information content (AvgIpc) is 3.73. The van der Waals surface area contributed by atoms with E-state index in [9.17, 15) is 0 Å². The summed E-state index contributed by atoms with van der Waals surface area (Å²) in [5, 5.41) is 2.33. The van der Waals surface area contributed by atoms with Crippen LogP contribution < -0.4 is 0 Å². The molecule has 2 heterocycles. The number of hydrogen-bond acceptors (Lipinski definition) is 4. The van der Waals surface area contributed by atoms with Gasteiger partial charge in [-0.15, -0.1) is 11.3 Å². The summed E-state index contributed by atoms with van der Waals surface area (Å²) in [6, 6.07) is 79.5. The fraction of sp³-hybridized carbons (Fsp3) is 0. The summed E-state index contributed by atoms with van der Waals surface area (Å²) >= 11 is 1.80. The van der Waals surface area contributed by atoms with Crippen LogP contribution in [0.4, 0.5) is 0 Å². The normalized spacial score (nSPS) is 11.3. The number of rotatable bonds is 8. The number of benzene rings is 9. The molecule has 0 spiro atoms. The lowest BCUT2D eigenvalue weighted by Crippen LogP contribution is -2.01. The first kappa shape index (κ1) is 36.3. The van der Waals surface area contributed by atoms with Gasteiger partial charge in [-0.1, -0.05) is 194 Å². The Kier molecular flexibility index (Phi) is 9.38. The van der Waals surface area contributed by atoms with Crippen LogP contribution in [-0.4, -0.2) is 15.0 Å². The van der Waals surface area contributed by atoms with Gasteiger partial charge in [-0.05, 0) is 86.0 Å². The van der Waals surface area contributed by atoms with Crippen molar-refractivity contribution in [3.63, 3.8) is 0 Å². The summed E-state index contributed by atoms with van der Waals surface area (Å²) in [6.45, 7) is 0. The maximum absolute atomic E-state index is 5.30. The van der Waals surface area contributed by atoms with Crippen molar-refractivity contribution >= 4 is 31.5 Å². The monoisotopic (exact) mass is 795 g/mol. The molecule has 286 valence electrons. The Balaban J connectivity index is 1.08. The number of hydrogen-bond donors (Lipinski definition) is 0. The van der Waals surface area contributed by atoms with E-state index < -0.39 is 0 Å². The average molecular weight is 796 g/mol. The van der Waals surface area contributed by atoms with Crippen LogP contribution in [0.1, 0.15) is 0 Å². The first-order chi connectivity index (χ1) is 30.2. The van der Waals surface area contributed by atoms with E-state index in [2.05, 4.69) is 200 Å². The molecule has 0 aliphatic carbocycles. The summed E-state index contributed by atoms with van der Waals surface area (Å²) in [5.74, 6) is 1.93. The van der Waals surface area contributed by atoms with Gasteiger partial charge in [-0.25, -0.2) is 15.0 Å². The highest BCUT2D eigenvalue weighted by Crippen LogP contribution is 2.44. The van der Waals surface area contributed by atoms with Crippen molar-refractivity contribution in [3.8, 4) is 89.8 Å². The smallest absolute Gasteiger partial charge is 0.164 e. The van der Waals surface area contributed by atoms with E-state index in [1.165, 1.54) is 53.7 Å². The van der Waals surface area contributed by atoms with Crippen molar-refractivity contribution in [2.45, 2.75) is 0 Å². The second-order valence-electron chi connectivity index (χ2n) is 15.1. The molecule has 2 aromatic heterocycles. The first-order valence-corrected chi connectivity index (χ1v) is 21.3. The number of fused-ring (bicyclic) bond motifs is 3. The zero-order valence-electron chi connectivity index (χ0n) is 33.1. The van der Waals surface area contributed by atoms with E-state index >= 15 is 0 Å². The minimum Gasteiger partial charge on any atom is -0.208 e. The molecule has 0 unspecified atom stereocenters. The Labute approximate surface area is 359 Å². The minimum absolute atomic E-state index is 0.641. The van der Waals surface area contributed by atoms with Crippen LogP contribution in [0.25, 0.3) is 110 Å². The van der Waals surface area contributed by atoms with Crippen molar-refractivity contribution in [2.24, 2.45) is 0 Å². The molecule has 9 aromatic carbocycles. The van der Waals surface area contributed by atoms with Gasteiger partial charge in [0.25, 0.3) is 0 Å². The Morgan fingerprint density at radius 1 is 0.246 bits per heavy atom. The third-order valence-corrected chi connectivity index (χ3v) is 12.5. The number of thiophene rings is 1. The zero-order chi connectivity index (χ0) is 40.5. The molecule has 11 rings (SSSR count). The van der Waals surface area contributed by atoms with Crippen LogP contribution in [0.5, 0.6) is 0 Å². The summed E-state index contributed by atoms with van der Waals surface area (Å²) in [5.41, 5.74) is 14.6. The maximum atomic E-state index is 5.30. The van der Waals surface area contributed by atoms with E-state index in [0.717, 1.165) is 38.8 Å². The Bertz CT molecular complexity index is 3340. The van der Waals surface area contributed by atoms with Gasteiger partial charge in [0.05, 0.1) is 0 Å². The third kappa shape index (κ3) is 6.99. The molecule has 0 saturated heterocycles. The van der Waals surface area contributed by atoms with Crippen molar-refractivity contribution in [1.29, 1.82) is 0 Å². The molecule has 0 fully saturated rings.